The van der Waals surface area contributed by atoms with Gasteiger partial charge in [0.2, 0.25) is 0 Å². The van der Waals surface area contributed by atoms with Crippen molar-refractivity contribution in [3.05, 3.63) is 82.9 Å². The van der Waals surface area contributed by atoms with E-state index in [4.69, 9.17) is 4.74 Å². The van der Waals surface area contributed by atoms with Crippen LogP contribution in [0, 0.1) is 10.1 Å². The fraction of sp³-hybridized carbons (Fsp3) is 0.0526. The molecule has 3 rings (SSSR count). The van der Waals surface area contributed by atoms with Gasteiger partial charge in [0.05, 0.1) is 27.5 Å². The van der Waals surface area contributed by atoms with Crippen molar-refractivity contribution >= 4 is 37.1 Å². The molecule has 12 heteroatoms. The predicted molar refractivity (Wildman–Crippen MR) is 114 cm³/mol. The molecule has 0 saturated carbocycles. The van der Waals surface area contributed by atoms with E-state index >= 15 is 0 Å². The van der Waals surface area contributed by atoms with Crippen molar-refractivity contribution in [2.45, 2.75) is 9.79 Å². The predicted octanol–water partition coefficient (Wildman–Crippen LogP) is 3.21. The van der Waals surface area contributed by atoms with Crippen molar-refractivity contribution in [2.24, 2.45) is 0 Å². The second kappa shape index (κ2) is 8.62. The summed E-state index contributed by atoms with van der Waals surface area (Å²) in [6.07, 6.45) is 0. The van der Waals surface area contributed by atoms with E-state index in [2.05, 4.69) is 9.44 Å². The van der Waals surface area contributed by atoms with Gasteiger partial charge in [-0.3, -0.25) is 19.6 Å². The van der Waals surface area contributed by atoms with Crippen molar-refractivity contribution in [3.63, 3.8) is 0 Å². The minimum absolute atomic E-state index is 0.0864. The summed E-state index contributed by atoms with van der Waals surface area (Å²) in [5, 5.41) is 10.7. The number of nitrogens with one attached hydrogen (secondary N) is 2. The first-order valence-corrected chi connectivity index (χ1v) is 11.6. The summed E-state index contributed by atoms with van der Waals surface area (Å²) in [5.41, 5.74) is 0.138. The van der Waals surface area contributed by atoms with Gasteiger partial charge in [-0.2, -0.15) is 0 Å². The summed E-state index contributed by atoms with van der Waals surface area (Å²) in [6.45, 7) is 0. The Morgan fingerprint density at radius 2 is 1.29 bits per heavy atom. The molecular weight excluding hydrogens is 446 g/mol. The number of hydrogen-bond acceptors (Lipinski definition) is 7. The fourth-order valence-corrected chi connectivity index (χ4v) is 4.72. The summed E-state index contributed by atoms with van der Waals surface area (Å²) in [7, 11) is -6.54. The lowest BCUT2D eigenvalue weighted by Crippen LogP contribution is -2.15. The molecule has 0 aromatic heterocycles. The third-order valence-electron chi connectivity index (χ3n) is 4.13. The molecule has 0 saturated heterocycles. The highest BCUT2D eigenvalue weighted by molar-refractivity contribution is 7.93. The number of rotatable bonds is 8. The van der Waals surface area contributed by atoms with Crippen LogP contribution < -0.4 is 14.2 Å². The van der Waals surface area contributed by atoms with Crippen LogP contribution in [0.3, 0.4) is 0 Å². The number of para-hydroxylation sites is 2. The number of benzene rings is 3. The Morgan fingerprint density at radius 1 is 0.774 bits per heavy atom. The summed E-state index contributed by atoms with van der Waals surface area (Å²) < 4.78 is 60.0. The molecule has 0 aliphatic heterocycles. The lowest BCUT2D eigenvalue weighted by Gasteiger charge is -2.12. The minimum atomic E-state index is -4.02. The number of nitro groups is 1. The van der Waals surface area contributed by atoms with Crippen LogP contribution in [-0.2, 0) is 20.0 Å². The molecule has 3 aromatic rings. The molecule has 0 bridgehead atoms. The maximum Gasteiger partial charge on any atom is 0.269 e. The monoisotopic (exact) mass is 463 g/mol. The van der Waals surface area contributed by atoms with Crippen LogP contribution in [0.4, 0.5) is 17.1 Å². The molecule has 0 spiro atoms. The van der Waals surface area contributed by atoms with E-state index in [0.717, 1.165) is 24.3 Å². The largest absolute Gasteiger partial charge is 0.495 e. The first kappa shape index (κ1) is 22.1. The lowest BCUT2D eigenvalue weighted by molar-refractivity contribution is -0.384. The molecule has 162 valence electrons. The van der Waals surface area contributed by atoms with E-state index in [0.29, 0.717) is 5.75 Å². The highest BCUT2D eigenvalue weighted by Crippen LogP contribution is 2.27. The smallest absolute Gasteiger partial charge is 0.269 e. The molecule has 0 unspecified atom stereocenters. The number of sulfonamides is 2. The van der Waals surface area contributed by atoms with Gasteiger partial charge >= 0.3 is 0 Å². The van der Waals surface area contributed by atoms with Crippen molar-refractivity contribution in [1.29, 1.82) is 0 Å². The van der Waals surface area contributed by atoms with Gasteiger partial charge in [-0.05, 0) is 48.5 Å². The molecular formula is C19H17N3O7S2. The molecule has 0 amide bonds. The minimum Gasteiger partial charge on any atom is -0.495 e. The van der Waals surface area contributed by atoms with E-state index in [1.807, 2.05) is 0 Å². The van der Waals surface area contributed by atoms with Crippen molar-refractivity contribution in [2.75, 3.05) is 16.6 Å². The second-order valence-corrected chi connectivity index (χ2v) is 9.55. The Kier molecular flexibility index (Phi) is 6.13. The Bertz CT molecular complexity index is 1310. The average molecular weight is 463 g/mol. The average Bonchev–Trinajstić information content (AvgIpc) is 2.74. The molecule has 0 aliphatic rings. The van der Waals surface area contributed by atoms with E-state index in [9.17, 15) is 26.9 Å². The maximum atomic E-state index is 12.6. The Balaban J connectivity index is 1.78. The highest BCUT2D eigenvalue weighted by Gasteiger charge is 2.19. The summed E-state index contributed by atoms with van der Waals surface area (Å²) in [5.74, 6) is 0.346. The van der Waals surface area contributed by atoms with Crippen molar-refractivity contribution in [3.8, 4) is 5.75 Å². The van der Waals surface area contributed by atoms with Crippen LogP contribution >= 0.6 is 0 Å². The number of hydrogen-bond donors (Lipinski definition) is 2. The molecule has 0 heterocycles. The number of nitrogens with zero attached hydrogens (tertiary/aromatic N) is 1. The van der Waals surface area contributed by atoms with E-state index in [1.165, 1.54) is 31.4 Å². The summed E-state index contributed by atoms with van der Waals surface area (Å²) in [6, 6.07) is 15.9. The van der Waals surface area contributed by atoms with Crippen molar-refractivity contribution in [1.82, 2.24) is 0 Å². The van der Waals surface area contributed by atoms with Gasteiger partial charge < -0.3 is 4.74 Å². The zero-order chi connectivity index (χ0) is 22.6. The number of anilines is 2. The Morgan fingerprint density at radius 3 is 1.84 bits per heavy atom. The molecule has 0 atom stereocenters. The van der Waals surface area contributed by atoms with E-state index in [1.54, 1.807) is 24.3 Å². The van der Waals surface area contributed by atoms with Gasteiger partial charge in [0, 0.05) is 17.8 Å². The zero-order valence-electron chi connectivity index (χ0n) is 16.0. The molecule has 2 N–H and O–H groups in total. The molecule has 0 radical (unpaired) electrons. The topological polar surface area (TPSA) is 145 Å². The highest BCUT2D eigenvalue weighted by atomic mass is 32.2. The molecule has 10 nitrogen and oxygen atoms in total. The van der Waals surface area contributed by atoms with Gasteiger partial charge in [0.1, 0.15) is 5.75 Å². The zero-order valence-corrected chi connectivity index (χ0v) is 17.7. The third kappa shape index (κ3) is 5.10. The van der Waals surface area contributed by atoms with E-state index in [-0.39, 0.29) is 26.9 Å². The second-order valence-electron chi connectivity index (χ2n) is 6.19. The van der Waals surface area contributed by atoms with Gasteiger partial charge in [-0.15, -0.1) is 0 Å². The van der Waals surface area contributed by atoms with Gasteiger partial charge in [0.15, 0.2) is 0 Å². The van der Waals surface area contributed by atoms with Gasteiger partial charge in [-0.25, -0.2) is 16.8 Å². The maximum absolute atomic E-state index is 12.6. The molecule has 0 aliphatic carbocycles. The Hall–Kier alpha value is -3.64. The van der Waals surface area contributed by atoms with Crippen LogP contribution in [0.5, 0.6) is 5.75 Å². The van der Waals surface area contributed by atoms with Crippen LogP contribution in [0.1, 0.15) is 0 Å². The van der Waals surface area contributed by atoms with Crippen LogP contribution in [-0.4, -0.2) is 28.9 Å². The number of nitro benzene ring substituents is 1. The fourth-order valence-electron chi connectivity index (χ4n) is 2.60. The number of non-ortho nitro benzene ring substituents is 1. The van der Waals surface area contributed by atoms with Crippen LogP contribution in [0.25, 0.3) is 0 Å². The molecule has 0 fully saturated rings. The number of ether oxygens (including phenoxy) is 1. The first-order valence-electron chi connectivity index (χ1n) is 8.65. The standard InChI is InChI=1S/C19H17N3O7S2/c1-29-19-5-3-2-4-18(19)21-31(27,28)16-10-6-14(7-11-16)20-30(25,26)17-12-8-15(9-13-17)22(23)24/h2-13,20-21H,1H3. The summed E-state index contributed by atoms with van der Waals surface area (Å²) >= 11 is 0. The van der Waals surface area contributed by atoms with Crippen molar-refractivity contribution < 1.29 is 26.5 Å². The lowest BCUT2D eigenvalue weighted by atomic mass is 10.3. The van der Waals surface area contributed by atoms with Gasteiger partial charge in [0.25, 0.3) is 25.7 Å². The van der Waals surface area contributed by atoms with E-state index < -0.39 is 25.0 Å². The normalized spacial score (nSPS) is 11.5. The van der Waals surface area contributed by atoms with Crippen LogP contribution in [0.15, 0.2) is 82.6 Å². The quantitative estimate of drug-likeness (QED) is 0.385. The SMILES string of the molecule is COc1ccccc1NS(=O)(=O)c1ccc(NS(=O)(=O)c2ccc([N+](=O)[O-])cc2)cc1. The summed E-state index contributed by atoms with van der Waals surface area (Å²) in [4.78, 5) is 9.80. The van der Waals surface area contributed by atoms with Crippen LogP contribution in [0.2, 0.25) is 0 Å². The third-order valence-corrected chi connectivity index (χ3v) is 6.90. The number of methoxy groups -OCH3 is 1. The first-order chi connectivity index (χ1) is 14.6. The molecule has 3 aromatic carbocycles. The Labute approximate surface area is 178 Å². The molecule has 31 heavy (non-hydrogen) atoms. The van der Waals surface area contributed by atoms with Gasteiger partial charge in [-0.1, -0.05) is 12.1 Å².